The number of thiazole rings is 1. The average Bonchev–Trinajstić information content (AvgIpc) is 3.29. The quantitative estimate of drug-likeness (QED) is 0.208. The molecule has 2 heterocycles. The summed E-state index contributed by atoms with van der Waals surface area (Å²) in [5.41, 5.74) is 6.69. The van der Waals surface area contributed by atoms with E-state index >= 15 is 0 Å². The maximum atomic E-state index is 13.3. The minimum atomic E-state index is -0.457. The third kappa shape index (κ3) is 8.54. The molecule has 2 N–H and O–H groups in total. The molecular weight excluding hydrogens is 616 g/mol. The van der Waals surface area contributed by atoms with E-state index < -0.39 is 21.5 Å². The van der Waals surface area contributed by atoms with Crippen LogP contribution in [0.3, 0.4) is 0 Å². The summed E-state index contributed by atoms with van der Waals surface area (Å²) in [5, 5.41) is 8.50. The van der Waals surface area contributed by atoms with Gasteiger partial charge in [0.05, 0.1) is 0 Å². The Morgan fingerprint density at radius 3 is 2.82 bits per heavy atom. The number of amides is 3. The number of halogens is 2. The van der Waals surface area contributed by atoms with Crippen LogP contribution in [0.5, 0.6) is 0 Å². The molecule has 1 saturated heterocycles. The number of alkyl halides is 1. The molecular formula is C28H36FIN5O2S-. The van der Waals surface area contributed by atoms with Crippen molar-refractivity contribution in [3.63, 3.8) is 0 Å². The maximum absolute atomic E-state index is 13.3. The Balaban J connectivity index is 1.43. The number of rotatable bonds is 7. The molecule has 2 fully saturated rings. The van der Waals surface area contributed by atoms with Gasteiger partial charge in [0.1, 0.15) is 5.82 Å². The summed E-state index contributed by atoms with van der Waals surface area (Å²) in [6.45, 7) is 5.44. The summed E-state index contributed by atoms with van der Waals surface area (Å²) in [5.74, 6) is 0.416. The number of aryl methyl sites for hydroxylation is 1. The van der Waals surface area contributed by atoms with E-state index in [0.717, 1.165) is 62.9 Å². The summed E-state index contributed by atoms with van der Waals surface area (Å²) in [6, 6.07) is 6.43. The Bertz CT molecular complexity index is 1180. The van der Waals surface area contributed by atoms with E-state index in [2.05, 4.69) is 32.4 Å². The van der Waals surface area contributed by atoms with Crippen molar-refractivity contribution in [3.05, 3.63) is 64.2 Å². The van der Waals surface area contributed by atoms with Gasteiger partial charge in [-0.2, -0.15) is 0 Å². The number of nitrogens with one attached hydrogen (secondary N) is 2. The first-order valence-electron chi connectivity index (χ1n) is 13.1. The molecule has 2 aromatic rings. The minimum absolute atomic E-state index is 0.0979. The molecule has 2 aliphatic rings. The molecule has 1 saturated carbocycles. The van der Waals surface area contributed by atoms with E-state index in [4.69, 9.17) is 0 Å². The van der Waals surface area contributed by atoms with Gasteiger partial charge < -0.3 is 0 Å². The fourth-order valence-electron chi connectivity index (χ4n) is 4.90. The van der Waals surface area contributed by atoms with Gasteiger partial charge in [0, 0.05) is 0 Å². The SMILES string of the molecule is CC(=O)N(C)[I-]C1CCC(=C=CN2CCC[C@@H](Cc3ccc(F)cc3)C2)[C@H](NC(=O)Nc2nc(C)cs2)C1. The number of aromatic nitrogens is 1. The molecule has 0 bridgehead atoms. The van der Waals surface area contributed by atoms with E-state index in [0.29, 0.717) is 15.0 Å². The zero-order chi connectivity index (χ0) is 27.1. The summed E-state index contributed by atoms with van der Waals surface area (Å²) in [4.78, 5) is 31.3. The van der Waals surface area contributed by atoms with Crippen LogP contribution in [0.2, 0.25) is 0 Å². The van der Waals surface area contributed by atoms with Gasteiger partial charge in [-0.15, -0.1) is 0 Å². The molecule has 0 spiro atoms. The van der Waals surface area contributed by atoms with E-state index in [1.54, 1.807) is 6.92 Å². The molecule has 1 aliphatic carbocycles. The standard InChI is InChI=1S/C28H36FIN5O2S/c1-19-18-38-28(31-19)33-27(37)32-26-16-25(30-34(3)20(2)36)11-8-23(26)12-14-35-13-4-5-22(17-35)15-21-6-9-24(29)10-7-21/h6-7,9-10,14,18,22,25-26H,4-5,8,11,13,15-17H2,1-3H3,(H2,31,32,33,37)/q-1/t12?,22-,25?,26+/m0/s1. The Hall–Kier alpha value is -2.43. The Labute approximate surface area is 239 Å². The number of hydrogen-bond donors (Lipinski definition) is 2. The second kappa shape index (κ2) is 13.6. The van der Waals surface area contributed by atoms with Gasteiger partial charge in [0.15, 0.2) is 0 Å². The molecule has 4 rings (SSSR count). The summed E-state index contributed by atoms with van der Waals surface area (Å²) in [6.07, 6.45) is 7.93. The monoisotopic (exact) mass is 652 g/mol. The summed E-state index contributed by atoms with van der Waals surface area (Å²) >= 11 is 0.951. The number of urea groups is 1. The second-order valence-corrected chi connectivity index (χ2v) is 14.7. The van der Waals surface area contributed by atoms with Gasteiger partial charge in [-0.1, -0.05) is 0 Å². The number of benzene rings is 1. The summed E-state index contributed by atoms with van der Waals surface area (Å²) in [7, 11) is 1.87. The van der Waals surface area contributed by atoms with E-state index in [1.807, 2.05) is 34.6 Å². The van der Waals surface area contributed by atoms with Gasteiger partial charge in [-0.3, -0.25) is 0 Å². The molecule has 1 unspecified atom stereocenters. The zero-order valence-electron chi connectivity index (χ0n) is 22.2. The normalized spacial score (nSPS) is 21.5. The molecule has 206 valence electrons. The zero-order valence-corrected chi connectivity index (χ0v) is 25.1. The molecule has 1 aromatic carbocycles. The molecule has 3 amide bonds. The van der Waals surface area contributed by atoms with Crippen molar-refractivity contribution in [1.82, 2.24) is 18.3 Å². The van der Waals surface area contributed by atoms with Crippen LogP contribution in [0.1, 0.15) is 50.3 Å². The predicted octanol–water partition coefficient (Wildman–Crippen LogP) is 2.11. The van der Waals surface area contributed by atoms with Crippen molar-refractivity contribution in [2.75, 3.05) is 25.5 Å². The van der Waals surface area contributed by atoms with Crippen LogP contribution >= 0.6 is 11.3 Å². The first-order chi connectivity index (χ1) is 18.2. The number of carbonyl (C=O) groups excluding carboxylic acids is 2. The topological polar surface area (TPSA) is 77.6 Å². The van der Waals surface area contributed by atoms with Crippen molar-refractivity contribution in [1.29, 1.82) is 0 Å². The molecule has 10 heteroatoms. The molecule has 0 radical (unpaired) electrons. The number of likely N-dealkylation sites (tertiary alicyclic amines) is 1. The molecule has 7 nitrogen and oxygen atoms in total. The fraction of sp³-hybridized carbons (Fsp3) is 0.500. The van der Waals surface area contributed by atoms with Gasteiger partial charge in [-0.25, -0.2) is 4.39 Å². The van der Waals surface area contributed by atoms with Gasteiger partial charge >= 0.3 is 218 Å². The van der Waals surface area contributed by atoms with Crippen molar-refractivity contribution in [2.45, 2.75) is 62.3 Å². The van der Waals surface area contributed by atoms with E-state index in [1.165, 1.54) is 29.0 Å². The fourth-order valence-corrected chi connectivity index (χ4v) is 8.48. The van der Waals surface area contributed by atoms with Gasteiger partial charge in [-0.05, 0) is 12.1 Å². The molecule has 3 atom stereocenters. The Morgan fingerprint density at radius 2 is 2.11 bits per heavy atom. The second-order valence-electron chi connectivity index (χ2n) is 10.0. The summed E-state index contributed by atoms with van der Waals surface area (Å²) < 4.78 is 15.5. The van der Waals surface area contributed by atoms with Gasteiger partial charge in [0.25, 0.3) is 0 Å². The first kappa shape index (κ1) is 28.6. The molecule has 1 aliphatic heterocycles. The van der Waals surface area contributed by atoms with Crippen molar-refractivity contribution >= 4 is 28.4 Å². The van der Waals surface area contributed by atoms with Crippen LogP contribution in [0, 0.1) is 18.7 Å². The Morgan fingerprint density at radius 1 is 1.32 bits per heavy atom. The van der Waals surface area contributed by atoms with Crippen LogP contribution in [-0.4, -0.2) is 55.0 Å². The Kier molecular flexibility index (Phi) is 10.2. The van der Waals surface area contributed by atoms with Crippen molar-refractivity contribution in [2.24, 2.45) is 5.92 Å². The molecule has 38 heavy (non-hydrogen) atoms. The molecule has 1 aromatic heterocycles. The van der Waals surface area contributed by atoms with Crippen LogP contribution < -0.4 is 32.1 Å². The van der Waals surface area contributed by atoms with Crippen molar-refractivity contribution in [3.8, 4) is 0 Å². The van der Waals surface area contributed by atoms with Crippen LogP contribution in [0.25, 0.3) is 0 Å². The third-order valence-electron chi connectivity index (χ3n) is 6.92. The number of anilines is 1. The van der Waals surface area contributed by atoms with E-state index in [9.17, 15) is 14.0 Å². The van der Waals surface area contributed by atoms with Gasteiger partial charge in [0.2, 0.25) is 0 Å². The third-order valence-corrected chi connectivity index (χ3v) is 11.2. The van der Waals surface area contributed by atoms with Crippen molar-refractivity contribution < 1.29 is 35.5 Å². The van der Waals surface area contributed by atoms with Crippen LogP contribution in [-0.2, 0) is 11.2 Å². The number of piperidine rings is 1. The first-order valence-corrected chi connectivity index (χ1v) is 16.2. The number of nitrogens with zero attached hydrogens (tertiary/aromatic N) is 3. The van der Waals surface area contributed by atoms with E-state index in [-0.39, 0.29) is 23.8 Å². The number of hydrogen-bond acceptors (Lipinski definition) is 5. The number of carbonyl (C=O) groups is 2. The predicted molar refractivity (Wildman–Crippen MR) is 145 cm³/mol. The van der Waals surface area contributed by atoms with Crippen LogP contribution in [0.15, 0.2) is 47.1 Å². The average molecular weight is 653 g/mol. The van der Waals surface area contributed by atoms with Crippen LogP contribution in [0.4, 0.5) is 14.3 Å².